The average molecular weight is 419 g/mol. The van der Waals surface area contributed by atoms with Gasteiger partial charge in [0, 0.05) is 24.4 Å². The molecule has 4 unspecified atom stereocenters. The second-order valence-electron chi connectivity index (χ2n) is 8.95. The number of hydrogen-bond donors (Lipinski definition) is 2. The third kappa shape index (κ3) is 3.51. The van der Waals surface area contributed by atoms with E-state index in [1.54, 1.807) is 0 Å². The predicted octanol–water partition coefficient (Wildman–Crippen LogP) is 3.78. The maximum Gasteiger partial charge on any atom is 0.257 e. The number of nitrogens with one attached hydrogen (secondary N) is 1. The molecule has 162 valence electrons. The van der Waals surface area contributed by atoms with Crippen molar-refractivity contribution < 1.29 is 14.6 Å². The minimum atomic E-state index is -1.55. The van der Waals surface area contributed by atoms with Gasteiger partial charge in [-0.15, -0.1) is 0 Å². The predicted molar refractivity (Wildman–Crippen MR) is 122 cm³/mol. The van der Waals surface area contributed by atoms with Gasteiger partial charge in [-0.3, -0.25) is 9.69 Å². The Morgan fingerprint density at radius 3 is 2.68 bits per heavy atom. The van der Waals surface area contributed by atoms with E-state index in [-0.39, 0.29) is 5.91 Å². The Kier molecular flexibility index (Phi) is 5.42. The van der Waals surface area contributed by atoms with Crippen LogP contribution >= 0.6 is 0 Å². The van der Waals surface area contributed by atoms with E-state index >= 15 is 0 Å². The Balaban J connectivity index is 1.51. The van der Waals surface area contributed by atoms with Crippen LogP contribution in [0.25, 0.3) is 6.08 Å². The first-order chi connectivity index (χ1) is 15.1. The van der Waals surface area contributed by atoms with Gasteiger partial charge in [0.25, 0.3) is 5.91 Å². The maximum absolute atomic E-state index is 12.7. The van der Waals surface area contributed by atoms with Crippen molar-refractivity contribution in [3.8, 4) is 0 Å². The van der Waals surface area contributed by atoms with Crippen molar-refractivity contribution in [2.45, 2.75) is 43.4 Å². The van der Waals surface area contributed by atoms with E-state index in [1.165, 1.54) is 45.9 Å². The quantitative estimate of drug-likeness (QED) is 0.793. The van der Waals surface area contributed by atoms with E-state index in [0.717, 1.165) is 5.56 Å². The number of carbonyl (C=O) groups is 1. The van der Waals surface area contributed by atoms with Gasteiger partial charge in [-0.25, -0.2) is 0 Å². The molecule has 0 saturated carbocycles. The molecule has 0 aromatic heterocycles. The van der Waals surface area contributed by atoms with Crippen LogP contribution in [0, 0.1) is 5.92 Å². The zero-order chi connectivity index (χ0) is 21.4. The lowest BCUT2D eigenvalue weighted by molar-refractivity contribution is -0.142. The van der Waals surface area contributed by atoms with Gasteiger partial charge < -0.3 is 15.2 Å². The smallest absolute Gasteiger partial charge is 0.257 e. The Morgan fingerprint density at radius 2 is 1.90 bits per heavy atom. The normalized spacial score (nSPS) is 30.8. The number of aliphatic hydroxyl groups is 1. The molecule has 4 atom stereocenters. The van der Waals surface area contributed by atoms with Crippen LogP contribution in [0.3, 0.4) is 0 Å². The summed E-state index contributed by atoms with van der Waals surface area (Å²) in [5.41, 5.74) is 1.41. The number of methoxy groups -OCH3 is 1. The van der Waals surface area contributed by atoms with Crippen LogP contribution in [-0.2, 0) is 15.1 Å². The van der Waals surface area contributed by atoms with Gasteiger partial charge in [-0.2, -0.15) is 0 Å². The largest absolute Gasteiger partial charge is 0.377 e. The van der Waals surface area contributed by atoms with E-state index in [4.69, 9.17) is 4.74 Å². The first-order valence-electron chi connectivity index (χ1n) is 11.3. The second kappa shape index (κ2) is 8.23. The molecule has 3 aliphatic rings. The van der Waals surface area contributed by atoms with Crippen LogP contribution in [0.2, 0.25) is 0 Å². The second-order valence-corrected chi connectivity index (χ2v) is 8.95. The van der Waals surface area contributed by atoms with Crippen LogP contribution < -0.4 is 5.32 Å². The fourth-order valence-electron chi connectivity index (χ4n) is 5.69. The van der Waals surface area contributed by atoms with Gasteiger partial charge in [-0.1, -0.05) is 48.6 Å². The number of piperidine rings is 1. The molecule has 2 N–H and O–H groups in total. The van der Waals surface area contributed by atoms with Crippen LogP contribution in [0.1, 0.15) is 42.4 Å². The molecule has 2 fully saturated rings. The molecule has 0 radical (unpaired) electrons. The molecule has 0 spiro atoms. The zero-order valence-corrected chi connectivity index (χ0v) is 18.0. The van der Waals surface area contributed by atoms with E-state index in [0.29, 0.717) is 28.8 Å². The number of nitrogens with zero attached hydrogens (tertiary/aromatic N) is 1. The number of benzene rings is 2. The number of ether oxygens (including phenoxy) is 1. The summed E-state index contributed by atoms with van der Waals surface area (Å²) in [4.78, 5) is 15.3. The van der Waals surface area contributed by atoms with Gasteiger partial charge >= 0.3 is 0 Å². The van der Waals surface area contributed by atoms with Crippen molar-refractivity contribution in [3.63, 3.8) is 0 Å². The topological polar surface area (TPSA) is 61.8 Å². The molecule has 0 aliphatic carbocycles. The SMILES string of the molecule is COC1C(=O)Nc2ccc(/C=C/C3CCCN4CCCC34)cc2C1(O)c1ccccc1. The summed E-state index contributed by atoms with van der Waals surface area (Å²) in [5.74, 6) is 0.236. The highest BCUT2D eigenvalue weighted by Crippen LogP contribution is 2.43. The maximum atomic E-state index is 12.7. The molecule has 5 heteroatoms. The van der Waals surface area contributed by atoms with E-state index in [2.05, 4.69) is 22.4 Å². The number of carbonyl (C=O) groups excluding carboxylic acids is 1. The molecule has 3 aliphatic heterocycles. The lowest BCUT2D eigenvalue weighted by Gasteiger charge is -2.40. The summed E-state index contributed by atoms with van der Waals surface area (Å²) in [5, 5.41) is 14.8. The fraction of sp³-hybridized carbons (Fsp3) is 0.423. The molecule has 2 saturated heterocycles. The summed E-state index contributed by atoms with van der Waals surface area (Å²) < 4.78 is 5.49. The first kappa shape index (κ1) is 20.4. The number of amides is 1. The van der Waals surface area contributed by atoms with E-state index in [9.17, 15) is 9.90 Å². The molecule has 31 heavy (non-hydrogen) atoms. The molecule has 5 rings (SSSR count). The molecule has 3 heterocycles. The van der Waals surface area contributed by atoms with Gasteiger partial charge in [0.1, 0.15) is 0 Å². The average Bonchev–Trinajstić information content (AvgIpc) is 3.28. The van der Waals surface area contributed by atoms with Crippen molar-refractivity contribution in [1.29, 1.82) is 0 Å². The molecule has 2 aromatic rings. The fourth-order valence-corrected chi connectivity index (χ4v) is 5.69. The third-order valence-electron chi connectivity index (χ3n) is 7.21. The molecule has 0 bridgehead atoms. The first-order valence-corrected chi connectivity index (χ1v) is 11.3. The van der Waals surface area contributed by atoms with Crippen molar-refractivity contribution in [2.75, 3.05) is 25.5 Å². The molecule has 5 nitrogen and oxygen atoms in total. The highest BCUT2D eigenvalue weighted by Gasteiger charge is 2.49. The van der Waals surface area contributed by atoms with Crippen LogP contribution in [0.5, 0.6) is 0 Å². The minimum absolute atomic E-state index is 0.340. The van der Waals surface area contributed by atoms with E-state index in [1.807, 2.05) is 48.5 Å². The Bertz CT molecular complexity index is 989. The summed E-state index contributed by atoms with van der Waals surface area (Å²) in [6, 6.07) is 15.9. The summed E-state index contributed by atoms with van der Waals surface area (Å²) in [6.07, 6.45) is 8.58. The Hall–Kier alpha value is -2.47. The zero-order valence-electron chi connectivity index (χ0n) is 18.0. The third-order valence-corrected chi connectivity index (χ3v) is 7.21. The van der Waals surface area contributed by atoms with Gasteiger partial charge in [0.15, 0.2) is 11.7 Å². The number of hydrogen-bond acceptors (Lipinski definition) is 4. The molecule has 2 aromatic carbocycles. The Labute approximate surface area is 183 Å². The van der Waals surface area contributed by atoms with Gasteiger partial charge in [-0.05, 0) is 68.0 Å². The van der Waals surface area contributed by atoms with E-state index < -0.39 is 11.7 Å². The van der Waals surface area contributed by atoms with Crippen LogP contribution in [-0.4, -0.2) is 48.3 Å². The standard InChI is InChI=1S/C26H30N2O3/c1-31-24-25(29)27-22-14-12-18(11-13-19-7-5-15-28-16-6-10-23(19)28)17-21(22)26(24,30)20-8-3-2-4-9-20/h2-4,8-9,11-14,17,19,23-24,30H,5-7,10,15-16H2,1H3,(H,27,29)/b13-11+. The Morgan fingerprint density at radius 1 is 1.13 bits per heavy atom. The molecular weight excluding hydrogens is 388 g/mol. The van der Waals surface area contributed by atoms with Crippen LogP contribution in [0.15, 0.2) is 54.6 Å². The lowest BCUT2D eigenvalue weighted by atomic mass is 9.77. The van der Waals surface area contributed by atoms with Crippen LogP contribution in [0.4, 0.5) is 5.69 Å². The lowest BCUT2D eigenvalue weighted by Crippen LogP contribution is -2.52. The van der Waals surface area contributed by atoms with Crippen molar-refractivity contribution >= 4 is 17.7 Å². The van der Waals surface area contributed by atoms with Gasteiger partial charge in [0.2, 0.25) is 0 Å². The summed E-state index contributed by atoms with van der Waals surface area (Å²) in [6.45, 7) is 2.46. The number of fused-ring (bicyclic) bond motifs is 2. The molecule has 1 amide bonds. The number of anilines is 1. The van der Waals surface area contributed by atoms with Crippen molar-refractivity contribution in [1.82, 2.24) is 4.90 Å². The van der Waals surface area contributed by atoms with Crippen molar-refractivity contribution in [3.05, 3.63) is 71.3 Å². The van der Waals surface area contributed by atoms with Crippen molar-refractivity contribution in [2.24, 2.45) is 5.92 Å². The van der Waals surface area contributed by atoms with Gasteiger partial charge in [0.05, 0.1) is 0 Å². The monoisotopic (exact) mass is 418 g/mol. The highest BCUT2D eigenvalue weighted by atomic mass is 16.5. The minimum Gasteiger partial charge on any atom is -0.377 e. The summed E-state index contributed by atoms with van der Waals surface area (Å²) >= 11 is 0. The summed E-state index contributed by atoms with van der Waals surface area (Å²) in [7, 11) is 1.46. The highest BCUT2D eigenvalue weighted by molar-refractivity contribution is 5.99. The number of rotatable bonds is 4. The molecular formula is C26H30N2O3.